The molecule has 5 nitrogen and oxygen atoms in total. The molecular weight excluding hydrogens is 1150 g/mol. The summed E-state index contributed by atoms with van der Waals surface area (Å²) in [6.07, 6.45) is -9.48. The predicted octanol–water partition coefficient (Wildman–Crippen LogP) is 23.2. The molecule has 0 atom stereocenters. The lowest BCUT2D eigenvalue weighted by Gasteiger charge is -2.45. The molecule has 15 aromatic rings. The van der Waals surface area contributed by atoms with Crippen molar-refractivity contribution in [3.8, 4) is 11.1 Å². The lowest BCUT2D eigenvalue weighted by atomic mass is 9.64. The predicted molar refractivity (Wildman–Crippen MR) is 341 cm³/mol. The minimum Gasteiger partial charge on any atom is -0.453 e. The number of anilines is 9. The average molecular weight is 1190 g/mol. The number of alkyl halides is 6. The summed E-state index contributed by atoms with van der Waals surface area (Å²) in [6, 6.07) is 77.5. The van der Waals surface area contributed by atoms with E-state index < -0.39 is 40.5 Å². The van der Waals surface area contributed by atoms with Gasteiger partial charge in [0, 0.05) is 49.4 Å². The first kappa shape index (κ1) is 53.1. The highest BCUT2D eigenvalue weighted by Gasteiger charge is 2.54. The largest absolute Gasteiger partial charge is 0.453 e. The number of rotatable bonds is 7. The van der Waals surface area contributed by atoms with Gasteiger partial charge in [-0.15, -0.1) is 0 Å². The molecule has 13 heteroatoms. The zero-order valence-corrected chi connectivity index (χ0v) is 47.0. The van der Waals surface area contributed by atoms with Gasteiger partial charge in [-0.25, -0.2) is 8.78 Å². The van der Waals surface area contributed by atoms with Crippen molar-refractivity contribution in [1.82, 2.24) is 0 Å². The van der Waals surface area contributed by atoms with E-state index in [1.165, 1.54) is 36.4 Å². The number of fused-ring (bicyclic) bond motifs is 19. The van der Waals surface area contributed by atoms with Crippen molar-refractivity contribution >= 4 is 117 Å². The van der Waals surface area contributed by atoms with Crippen molar-refractivity contribution in [2.24, 2.45) is 0 Å². The number of hydrogen-bond donors (Lipinski definition) is 0. The Balaban J connectivity index is 1.03. The first-order chi connectivity index (χ1) is 43.8. The number of halogens is 8. The lowest BCUT2D eigenvalue weighted by molar-refractivity contribution is -0.137. The van der Waals surface area contributed by atoms with Gasteiger partial charge in [0.2, 0.25) is 0 Å². The monoisotopic (exact) mass is 1190 g/mol. The molecule has 2 aromatic heterocycles. The highest BCUT2D eigenvalue weighted by molar-refractivity contribution is 6.21. The van der Waals surface area contributed by atoms with Crippen LogP contribution < -0.4 is 14.7 Å². The van der Waals surface area contributed by atoms with Crippen LogP contribution in [0.3, 0.4) is 0 Å². The molecule has 1 aliphatic heterocycles. The first-order valence-electron chi connectivity index (χ1n) is 29.1. The van der Waals surface area contributed by atoms with Gasteiger partial charge in [-0.1, -0.05) is 152 Å². The van der Waals surface area contributed by atoms with Crippen LogP contribution in [0.5, 0.6) is 0 Å². The zero-order valence-electron chi connectivity index (χ0n) is 47.0. The third-order valence-corrected chi connectivity index (χ3v) is 18.0. The van der Waals surface area contributed by atoms with Crippen LogP contribution in [-0.2, 0) is 17.8 Å². The number of benzene rings is 13. The summed E-state index contributed by atoms with van der Waals surface area (Å²) >= 11 is 0. The molecule has 90 heavy (non-hydrogen) atoms. The van der Waals surface area contributed by atoms with Crippen LogP contribution in [0.15, 0.2) is 270 Å². The van der Waals surface area contributed by atoms with Crippen LogP contribution in [0, 0.1) is 11.6 Å². The summed E-state index contributed by atoms with van der Waals surface area (Å²) in [4.78, 5) is 6.12. The summed E-state index contributed by atoms with van der Waals surface area (Å²) < 4.78 is 133. The maximum atomic E-state index is 15.4. The Morgan fingerprint density at radius 2 is 0.667 bits per heavy atom. The Morgan fingerprint density at radius 3 is 1.09 bits per heavy atom. The van der Waals surface area contributed by atoms with Crippen LogP contribution in [0.1, 0.15) is 33.4 Å². The first-order valence-corrected chi connectivity index (χ1v) is 29.1. The maximum absolute atomic E-state index is 15.4. The molecule has 17 rings (SSSR count). The van der Waals surface area contributed by atoms with Gasteiger partial charge >= 0.3 is 12.4 Å². The molecule has 0 saturated carbocycles. The Labute approximate surface area is 507 Å². The van der Waals surface area contributed by atoms with E-state index in [-0.39, 0.29) is 33.1 Å². The highest BCUT2D eigenvalue weighted by Crippen LogP contribution is 2.68. The van der Waals surface area contributed by atoms with Crippen LogP contribution in [0.25, 0.3) is 76.5 Å². The van der Waals surface area contributed by atoms with Crippen LogP contribution in [0.4, 0.5) is 86.3 Å². The van der Waals surface area contributed by atoms with E-state index in [0.717, 1.165) is 84.1 Å². The second-order valence-corrected chi connectivity index (χ2v) is 22.7. The molecular formula is C77H43F8N3O2. The van der Waals surface area contributed by atoms with Crippen LogP contribution in [0.2, 0.25) is 0 Å². The minimum atomic E-state index is -4.74. The molecule has 434 valence electrons. The number of nitrogens with zero attached hydrogens (tertiary/aromatic N) is 3. The molecule has 0 amide bonds. The zero-order chi connectivity index (χ0) is 60.9. The van der Waals surface area contributed by atoms with E-state index in [1.807, 2.05) is 88.7 Å². The number of para-hydroxylation sites is 7. The van der Waals surface area contributed by atoms with Crippen LogP contribution in [-0.4, -0.2) is 0 Å². The molecule has 0 radical (unpaired) electrons. The Kier molecular flexibility index (Phi) is 11.4. The van der Waals surface area contributed by atoms with E-state index >= 15 is 8.78 Å². The molecule has 2 aliphatic rings. The summed E-state index contributed by atoms with van der Waals surface area (Å²) in [6.45, 7) is 0. The SMILES string of the molecule is Fc1ccc(N(c2cc3c(c4ccccc24)-c2c(cc(N(c4ccc(F)cc4)c4cccc5c4oc4c(C(F)(F)F)cccc45)c4ccccc24)C32c3ccccc3N(c3ccccc3)c3ccccc32)c2cccc3c2oc2c(C(F)(F)F)cccc23)cc1. The maximum Gasteiger partial charge on any atom is 0.420 e. The normalized spacial score (nSPS) is 13.4. The Hall–Kier alpha value is -11.2. The third kappa shape index (κ3) is 7.61. The van der Waals surface area contributed by atoms with Crippen molar-refractivity contribution in [1.29, 1.82) is 0 Å². The van der Waals surface area contributed by atoms with Gasteiger partial charge in [0.1, 0.15) is 22.8 Å². The second-order valence-electron chi connectivity index (χ2n) is 22.7. The average Bonchev–Trinajstić information content (AvgIpc) is 1.45. The summed E-state index contributed by atoms with van der Waals surface area (Å²) in [5.74, 6) is -0.996. The molecule has 13 aromatic carbocycles. The molecule has 0 bridgehead atoms. The molecule has 0 fully saturated rings. The van der Waals surface area contributed by atoms with Crippen molar-refractivity contribution in [3.05, 3.63) is 306 Å². The van der Waals surface area contributed by atoms with Crippen molar-refractivity contribution in [2.75, 3.05) is 14.7 Å². The molecule has 0 saturated heterocycles. The van der Waals surface area contributed by atoms with Crippen molar-refractivity contribution < 1.29 is 44.0 Å². The van der Waals surface area contributed by atoms with Crippen molar-refractivity contribution in [2.45, 2.75) is 17.8 Å². The second kappa shape index (κ2) is 19.4. The Bertz CT molecular complexity index is 5140. The standard InChI is InChI=1S/C77H43F8N3O2/c78-44-34-38-47(39-35-44)87(65-32-14-24-55-53-22-12-28-59(76(80,81)82)71(53)89-73(55)65)67-42-61-69(51-20-6-4-18-49(51)67)70-52-21-7-5-19-50(52)68(43-62(70)75(61)57-26-8-10-30-63(57)86(46-16-2-1-3-17-46)64-31-11-9-27-58(64)75)88(48-40-36-45(79)37-41-48)66-33-15-25-56-54-23-13-29-60(77(83,84)85)72(54)90-74(56)66/h1-43H. The minimum absolute atomic E-state index is 0.175. The van der Waals surface area contributed by atoms with Gasteiger partial charge < -0.3 is 23.5 Å². The fourth-order valence-electron chi connectivity index (χ4n) is 14.4. The summed E-state index contributed by atoms with van der Waals surface area (Å²) in [5.41, 5.74) is 7.34. The smallest absolute Gasteiger partial charge is 0.420 e. The fourth-order valence-corrected chi connectivity index (χ4v) is 14.4. The van der Waals surface area contributed by atoms with Crippen LogP contribution >= 0.6 is 0 Å². The quantitative estimate of drug-likeness (QED) is 0.149. The van der Waals surface area contributed by atoms with E-state index in [0.29, 0.717) is 44.9 Å². The Morgan fingerprint density at radius 1 is 0.311 bits per heavy atom. The van der Waals surface area contributed by atoms with E-state index in [1.54, 1.807) is 72.8 Å². The van der Waals surface area contributed by atoms with Gasteiger partial charge in [0.15, 0.2) is 11.2 Å². The third-order valence-electron chi connectivity index (χ3n) is 18.0. The summed E-state index contributed by atoms with van der Waals surface area (Å²) in [7, 11) is 0. The van der Waals surface area contributed by atoms with E-state index in [4.69, 9.17) is 8.83 Å². The number of hydrogen-bond acceptors (Lipinski definition) is 5. The van der Waals surface area contributed by atoms with Gasteiger partial charge in [-0.3, -0.25) is 0 Å². The molecule has 0 unspecified atom stereocenters. The van der Waals surface area contributed by atoms with E-state index in [9.17, 15) is 26.3 Å². The van der Waals surface area contributed by atoms with E-state index in [2.05, 4.69) is 65.6 Å². The summed E-state index contributed by atoms with van der Waals surface area (Å²) in [5, 5.41) is 4.53. The molecule has 1 spiro atoms. The molecule has 0 N–H and O–H groups in total. The van der Waals surface area contributed by atoms with Crippen molar-refractivity contribution in [3.63, 3.8) is 0 Å². The lowest BCUT2D eigenvalue weighted by Crippen LogP contribution is -2.36. The van der Waals surface area contributed by atoms with Gasteiger partial charge in [0.25, 0.3) is 0 Å². The number of furan rings is 2. The van der Waals surface area contributed by atoms with Gasteiger partial charge in [-0.05, 0) is 153 Å². The molecule has 1 aliphatic carbocycles. The highest BCUT2D eigenvalue weighted by atomic mass is 19.4. The fraction of sp³-hybridized carbons (Fsp3) is 0.0390. The molecule has 3 heterocycles. The topological polar surface area (TPSA) is 36.0 Å². The van der Waals surface area contributed by atoms with Gasteiger partial charge in [0.05, 0.1) is 50.7 Å². The van der Waals surface area contributed by atoms with Gasteiger partial charge in [-0.2, -0.15) is 26.3 Å².